The maximum Gasteiger partial charge on any atom is 0.323 e. The number of fused-ring (bicyclic) bond motifs is 1. The molecule has 3 heterocycles. The Kier molecular flexibility index (Phi) is 6.11. The number of hydrogen-bond donors (Lipinski definition) is 1. The van der Waals surface area contributed by atoms with Gasteiger partial charge in [0.25, 0.3) is 0 Å². The van der Waals surface area contributed by atoms with Crippen LogP contribution in [0, 0.1) is 6.92 Å². The highest BCUT2D eigenvalue weighted by Crippen LogP contribution is 2.29. The number of ether oxygens (including phenoxy) is 1. The first-order chi connectivity index (χ1) is 16.7. The number of amides is 2. The summed E-state index contributed by atoms with van der Waals surface area (Å²) in [5, 5.41) is 20.9. The van der Waals surface area contributed by atoms with E-state index >= 15 is 0 Å². The summed E-state index contributed by atoms with van der Waals surface area (Å²) in [5.41, 5.74) is 3.22. The van der Waals surface area contributed by atoms with Gasteiger partial charge in [-0.05, 0) is 55.7 Å². The average Bonchev–Trinajstić information content (AvgIpc) is 2.87. The van der Waals surface area contributed by atoms with Gasteiger partial charge in [-0.3, -0.25) is 5.32 Å². The molecule has 0 spiro atoms. The first-order valence-corrected chi connectivity index (χ1v) is 11.2. The lowest BCUT2D eigenvalue weighted by molar-refractivity contribution is 0.207. The van der Waals surface area contributed by atoms with Crippen molar-refractivity contribution in [3.05, 3.63) is 83.7 Å². The van der Waals surface area contributed by atoms with E-state index in [1.54, 1.807) is 23.2 Å². The molecule has 1 fully saturated rings. The van der Waals surface area contributed by atoms with Crippen LogP contribution in [0.15, 0.2) is 72.4 Å². The molecule has 170 valence electrons. The molecule has 8 nitrogen and oxygen atoms in total. The van der Waals surface area contributed by atoms with E-state index in [0.29, 0.717) is 30.5 Å². The number of anilines is 1. The van der Waals surface area contributed by atoms with E-state index in [1.807, 2.05) is 55.5 Å². The third kappa shape index (κ3) is 4.85. The molecule has 0 radical (unpaired) electrons. The number of nitrogens with one attached hydrogen (secondary N) is 1. The molecule has 2 aromatic heterocycles. The number of aromatic nitrogens is 4. The smallest absolute Gasteiger partial charge is 0.323 e. The molecule has 4 aromatic rings. The number of nitrogens with zero attached hydrogens (tertiary/aromatic N) is 5. The summed E-state index contributed by atoms with van der Waals surface area (Å²) in [6.45, 7) is 3.24. The van der Waals surface area contributed by atoms with Crippen molar-refractivity contribution in [3.8, 4) is 11.6 Å². The minimum atomic E-state index is -0.151. The van der Waals surface area contributed by atoms with Crippen molar-refractivity contribution in [1.82, 2.24) is 25.3 Å². The minimum absolute atomic E-state index is 0.151. The van der Waals surface area contributed by atoms with Gasteiger partial charge in [-0.1, -0.05) is 42.0 Å². The molecule has 1 saturated heterocycles. The normalized spacial score (nSPS) is 13.6. The molecule has 2 amide bonds. The maximum atomic E-state index is 12.5. The molecule has 0 aliphatic carbocycles. The monoisotopic (exact) mass is 452 g/mol. The Morgan fingerprint density at radius 2 is 1.79 bits per heavy atom. The third-order valence-electron chi connectivity index (χ3n) is 5.78. The third-order valence-corrected chi connectivity index (χ3v) is 5.78. The predicted octanol–water partition coefficient (Wildman–Crippen LogP) is 5.23. The number of carbonyl (C=O) groups is 1. The van der Waals surface area contributed by atoms with E-state index < -0.39 is 0 Å². The van der Waals surface area contributed by atoms with Crippen molar-refractivity contribution < 1.29 is 9.53 Å². The predicted molar refractivity (Wildman–Crippen MR) is 131 cm³/mol. The van der Waals surface area contributed by atoms with Crippen molar-refractivity contribution in [2.75, 3.05) is 18.4 Å². The van der Waals surface area contributed by atoms with Crippen molar-refractivity contribution in [3.63, 3.8) is 0 Å². The van der Waals surface area contributed by atoms with Gasteiger partial charge in [0.1, 0.15) is 5.75 Å². The van der Waals surface area contributed by atoms with Crippen LogP contribution in [-0.4, -0.2) is 44.4 Å². The Balaban J connectivity index is 1.25. The van der Waals surface area contributed by atoms with Gasteiger partial charge in [0.05, 0.1) is 5.69 Å². The van der Waals surface area contributed by atoms with Crippen LogP contribution in [0.1, 0.15) is 24.1 Å². The maximum absolute atomic E-state index is 12.5. The molecular formula is C26H24N6O2. The molecule has 2 aromatic carbocycles. The van der Waals surface area contributed by atoms with Gasteiger partial charge in [0.2, 0.25) is 5.88 Å². The number of piperidine rings is 1. The highest BCUT2D eigenvalue weighted by atomic mass is 16.5. The molecule has 0 unspecified atom stereocenters. The Labute approximate surface area is 197 Å². The summed E-state index contributed by atoms with van der Waals surface area (Å²) >= 11 is 0. The van der Waals surface area contributed by atoms with Crippen LogP contribution in [0.5, 0.6) is 11.6 Å². The zero-order valence-electron chi connectivity index (χ0n) is 18.8. The minimum Gasteiger partial charge on any atom is -0.437 e. The largest absolute Gasteiger partial charge is 0.437 e. The molecule has 0 bridgehead atoms. The second-order valence-electron chi connectivity index (χ2n) is 8.14. The van der Waals surface area contributed by atoms with Crippen LogP contribution in [-0.2, 0) is 0 Å². The summed E-state index contributed by atoms with van der Waals surface area (Å²) in [4.78, 5) is 14.3. The van der Waals surface area contributed by atoms with Crippen LogP contribution in [0.4, 0.5) is 10.6 Å². The summed E-state index contributed by atoms with van der Waals surface area (Å²) in [6.07, 6.45) is 5.37. The van der Waals surface area contributed by atoms with Crippen LogP contribution in [0.25, 0.3) is 16.8 Å². The van der Waals surface area contributed by atoms with E-state index in [1.165, 1.54) is 5.57 Å². The lowest BCUT2D eigenvalue weighted by Gasteiger charge is -2.28. The molecule has 8 heteroatoms. The number of likely N-dealkylation sites (tertiary alicyclic amines) is 1. The van der Waals surface area contributed by atoms with Crippen LogP contribution >= 0.6 is 0 Å². The molecule has 34 heavy (non-hydrogen) atoms. The van der Waals surface area contributed by atoms with Gasteiger partial charge in [-0.25, -0.2) is 4.79 Å². The number of urea groups is 1. The Morgan fingerprint density at radius 1 is 0.971 bits per heavy atom. The summed E-state index contributed by atoms with van der Waals surface area (Å²) in [7, 11) is 0. The van der Waals surface area contributed by atoms with Gasteiger partial charge in [0.15, 0.2) is 5.82 Å². The lowest BCUT2D eigenvalue weighted by atomic mass is 10.0. The highest BCUT2D eigenvalue weighted by Gasteiger charge is 2.19. The number of rotatable bonds is 4. The fourth-order valence-electron chi connectivity index (χ4n) is 4.00. The molecule has 1 aliphatic rings. The molecule has 0 saturated carbocycles. The van der Waals surface area contributed by atoms with Crippen molar-refractivity contribution in [2.45, 2.75) is 19.8 Å². The van der Waals surface area contributed by atoms with Crippen molar-refractivity contribution in [2.24, 2.45) is 0 Å². The van der Waals surface area contributed by atoms with Gasteiger partial charge < -0.3 is 9.64 Å². The Hall–Kier alpha value is -4.33. The van der Waals surface area contributed by atoms with E-state index in [4.69, 9.17) is 4.74 Å². The number of carbonyl (C=O) groups excluding carboxylic acids is 1. The Morgan fingerprint density at radius 3 is 2.59 bits per heavy atom. The van der Waals surface area contributed by atoms with Gasteiger partial charge in [-0.15, -0.1) is 10.2 Å². The highest BCUT2D eigenvalue weighted by molar-refractivity contribution is 5.89. The SMILES string of the molecule is Cc1nnc(Oc2cccc(C=C3CCN(C(=O)Nc4cccnn4)CC3)c2)c2ccccc12. The van der Waals surface area contributed by atoms with E-state index in [-0.39, 0.29) is 6.03 Å². The molecule has 0 atom stereocenters. The van der Waals surface area contributed by atoms with Crippen LogP contribution in [0.3, 0.4) is 0 Å². The van der Waals surface area contributed by atoms with Crippen LogP contribution in [0.2, 0.25) is 0 Å². The zero-order chi connectivity index (χ0) is 23.3. The van der Waals surface area contributed by atoms with E-state index in [2.05, 4.69) is 31.8 Å². The average molecular weight is 453 g/mol. The number of benzene rings is 2. The molecular weight excluding hydrogens is 428 g/mol. The first-order valence-electron chi connectivity index (χ1n) is 11.2. The Bertz CT molecular complexity index is 1350. The van der Waals surface area contributed by atoms with Gasteiger partial charge in [-0.2, -0.15) is 10.2 Å². The second kappa shape index (κ2) is 9.66. The first kappa shape index (κ1) is 21.5. The van der Waals surface area contributed by atoms with E-state index in [9.17, 15) is 4.79 Å². The van der Waals surface area contributed by atoms with E-state index in [0.717, 1.165) is 34.9 Å². The topological polar surface area (TPSA) is 93.1 Å². The van der Waals surface area contributed by atoms with Gasteiger partial charge >= 0.3 is 6.03 Å². The zero-order valence-corrected chi connectivity index (χ0v) is 18.8. The number of hydrogen-bond acceptors (Lipinski definition) is 6. The second-order valence-corrected chi connectivity index (χ2v) is 8.14. The number of aryl methyl sites for hydroxylation is 1. The quantitative estimate of drug-likeness (QED) is 0.456. The fraction of sp³-hybridized carbons (Fsp3) is 0.192. The fourth-order valence-corrected chi connectivity index (χ4v) is 4.00. The van der Waals surface area contributed by atoms with Gasteiger partial charge in [0, 0.05) is 30.1 Å². The lowest BCUT2D eigenvalue weighted by Crippen LogP contribution is -2.39. The molecule has 5 rings (SSSR count). The standard InChI is InChI=1S/C26H24N6O2/c1-18-22-8-2-3-9-23(22)25(31-29-18)34-21-7-4-6-20(17-21)16-19-11-14-32(15-12-19)26(33)28-24-10-5-13-27-30-24/h2-10,13,16-17H,11-12,14-15H2,1H3,(H,28,30,33). The summed E-state index contributed by atoms with van der Waals surface area (Å²) in [6, 6.07) is 19.2. The van der Waals surface area contributed by atoms with Crippen molar-refractivity contribution in [1.29, 1.82) is 0 Å². The summed E-state index contributed by atoms with van der Waals surface area (Å²) in [5.74, 6) is 1.66. The molecule has 1 N–H and O–H groups in total. The van der Waals surface area contributed by atoms with Crippen LogP contribution < -0.4 is 10.1 Å². The van der Waals surface area contributed by atoms with Crippen molar-refractivity contribution >= 4 is 28.7 Å². The summed E-state index contributed by atoms with van der Waals surface area (Å²) < 4.78 is 6.11. The molecule has 1 aliphatic heterocycles.